The van der Waals surface area contributed by atoms with Crippen molar-refractivity contribution in [3.8, 4) is 5.75 Å². The second-order valence-electron chi connectivity index (χ2n) is 6.09. The van der Waals surface area contributed by atoms with Crippen molar-refractivity contribution in [2.24, 2.45) is 0 Å². The van der Waals surface area contributed by atoms with Crippen LogP contribution in [0.25, 0.3) is 17.0 Å². The van der Waals surface area contributed by atoms with Crippen LogP contribution in [0.15, 0.2) is 64.3 Å². The fraction of sp³-hybridized carbons (Fsp3) is 0.227. The molecule has 0 saturated carbocycles. The van der Waals surface area contributed by atoms with Crippen LogP contribution in [-0.4, -0.2) is 0 Å². The van der Waals surface area contributed by atoms with E-state index in [1.807, 2.05) is 42.5 Å². The molecule has 0 spiro atoms. The van der Waals surface area contributed by atoms with Gasteiger partial charge in [-0.25, -0.2) is 4.79 Å². The minimum Gasteiger partial charge on any atom is -0.489 e. The van der Waals surface area contributed by atoms with Gasteiger partial charge in [-0.2, -0.15) is 0 Å². The number of fused-ring (bicyclic) bond motifs is 1. The first-order valence-corrected chi connectivity index (χ1v) is 8.60. The van der Waals surface area contributed by atoms with Crippen LogP contribution < -0.4 is 10.4 Å². The first-order valence-electron chi connectivity index (χ1n) is 8.60. The number of hydrogen-bond donors (Lipinski definition) is 0. The molecule has 0 amide bonds. The minimum absolute atomic E-state index is 0.309. The summed E-state index contributed by atoms with van der Waals surface area (Å²) in [5.74, 6) is 0.691. The highest BCUT2D eigenvalue weighted by Gasteiger charge is 2.07. The minimum atomic E-state index is -0.309. The van der Waals surface area contributed by atoms with Crippen molar-refractivity contribution in [1.82, 2.24) is 0 Å². The zero-order valence-electron chi connectivity index (χ0n) is 14.5. The van der Waals surface area contributed by atoms with Gasteiger partial charge in [0.1, 0.15) is 17.9 Å². The molecule has 0 aliphatic rings. The van der Waals surface area contributed by atoms with Gasteiger partial charge in [0.15, 0.2) is 0 Å². The number of aryl methyl sites for hydroxylation is 1. The average molecular weight is 334 g/mol. The molecule has 0 fully saturated rings. The SMILES string of the molecule is C=Cc1ccc(COc2ccc3c(CCCC)cc(=O)oc3c2)cc1. The van der Waals surface area contributed by atoms with Gasteiger partial charge in [-0.05, 0) is 41.7 Å². The summed E-state index contributed by atoms with van der Waals surface area (Å²) in [6, 6.07) is 15.3. The number of benzene rings is 2. The molecule has 0 aliphatic heterocycles. The Labute approximate surface area is 147 Å². The molecule has 25 heavy (non-hydrogen) atoms. The van der Waals surface area contributed by atoms with Gasteiger partial charge in [0.2, 0.25) is 0 Å². The third kappa shape index (κ3) is 4.18. The Morgan fingerprint density at radius 3 is 2.64 bits per heavy atom. The number of ether oxygens (including phenoxy) is 1. The van der Waals surface area contributed by atoms with E-state index in [1.165, 1.54) is 0 Å². The van der Waals surface area contributed by atoms with Crippen LogP contribution in [0, 0.1) is 0 Å². The lowest BCUT2D eigenvalue weighted by Gasteiger charge is -2.09. The molecule has 0 atom stereocenters. The molecular weight excluding hydrogens is 312 g/mol. The summed E-state index contributed by atoms with van der Waals surface area (Å²) in [6.45, 7) is 6.35. The van der Waals surface area contributed by atoms with Crippen LogP contribution in [0.1, 0.15) is 36.5 Å². The third-order valence-corrected chi connectivity index (χ3v) is 4.22. The zero-order valence-corrected chi connectivity index (χ0v) is 14.5. The lowest BCUT2D eigenvalue weighted by molar-refractivity contribution is 0.306. The van der Waals surface area contributed by atoms with Gasteiger partial charge >= 0.3 is 5.63 Å². The van der Waals surface area contributed by atoms with Gasteiger partial charge in [-0.15, -0.1) is 0 Å². The highest BCUT2D eigenvalue weighted by molar-refractivity contribution is 5.81. The van der Waals surface area contributed by atoms with Crippen molar-refractivity contribution < 1.29 is 9.15 Å². The Morgan fingerprint density at radius 1 is 1.12 bits per heavy atom. The molecule has 128 valence electrons. The second-order valence-corrected chi connectivity index (χ2v) is 6.09. The Bertz CT molecular complexity index is 920. The fourth-order valence-corrected chi connectivity index (χ4v) is 2.79. The van der Waals surface area contributed by atoms with Crippen LogP contribution in [0.2, 0.25) is 0 Å². The smallest absolute Gasteiger partial charge is 0.336 e. The molecule has 0 bridgehead atoms. The maximum Gasteiger partial charge on any atom is 0.336 e. The van der Waals surface area contributed by atoms with Crippen molar-refractivity contribution in [1.29, 1.82) is 0 Å². The molecular formula is C22H22O3. The number of unbranched alkanes of at least 4 members (excludes halogenated alkanes) is 1. The van der Waals surface area contributed by atoms with Crippen LogP contribution in [0.4, 0.5) is 0 Å². The lowest BCUT2D eigenvalue weighted by atomic mass is 10.0. The van der Waals surface area contributed by atoms with E-state index in [1.54, 1.807) is 12.1 Å². The van der Waals surface area contributed by atoms with E-state index in [4.69, 9.17) is 9.15 Å². The molecule has 0 aliphatic carbocycles. The summed E-state index contributed by atoms with van der Waals surface area (Å²) in [4.78, 5) is 11.8. The summed E-state index contributed by atoms with van der Waals surface area (Å²) >= 11 is 0. The quantitative estimate of drug-likeness (QED) is 0.546. The highest BCUT2D eigenvalue weighted by Crippen LogP contribution is 2.24. The van der Waals surface area contributed by atoms with Gasteiger partial charge in [0, 0.05) is 17.5 Å². The second kappa shape index (κ2) is 7.84. The molecule has 0 unspecified atom stereocenters. The van der Waals surface area contributed by atoms with Crippen molar-refractivity contribution in [2.75, 3.05) is 0 Å². The lowest BCUT2D eigenvalue weighted by Crippen LogP contribution is -2.01. The normalized spacial score (nSPS) is 10.8. The van der Waals surface area contributed by atoms with Crippen molar-refractivity contribution in [3.05, 3.63) is 82.2 Å². The topological polar surface area (TPSA) is 39.4 Å². The summed E-state index contributed by atoms with van der Waals surface area (Å²) in [7, 11) is 0. The molecule has 2 aromatic carbocycles. The Hall–Kier alpha value is -2.81. The van der Waals surface area contributed by atoms with E-state index in [2.05, 4.69) is 13.5 Å². The van der Waals surface area contributed by atoms with Crippen LogP contribution in [-0.2, 0) is 13.0 Å². The summed E-state index contributed by atoms with van der Waals surface area (Å²) in [5.41, 5.74) is 3.47. The predicted octanol–water partition coefficient (Wildman–Crippen LogP) is 5.36. The van der Waals surface area contributed by atoms with E-state index in [0.29, 0.717) is 17.9 Å². The molecule has 3 aromatic rings. The highest BCUT2D eigenvalue weighted by atomic mass is 16.5. The summed E-state index contributed by atoms with van der Waals surface area (Å²) < 4.78 is 11.2. The maximum absolute atomic E-state index is 11.8. The van der Waals surface area contributed by atoms with Crippen LogP contribution in [0.5, 0.6) is 5.75 Å². The maximum atomic E-state index is 11.8. The predicted molar refractivity (Wildman–Crippen MR) is 102 cm³/mol. The van der Waals surface area contributed by atoms with E-state index in [0.717, 1.165) is 41.3 Å². The molecule has 1 heterocycles. The van der Waals surface area contributed by atoms with Crippen molar-refractivity contribution in [2.45, 2.75) is 32.8 Å². The Kier molecular flexibility index (Phi) is 5.34. The molecule has 3 rings (SSSR count). The van der Waals surface area contributed by atoms with Crippen molar-refractivity contribution in [3.63, 3.8) is 0 Å². The first kappa shape index (κ1) is 17.0. The molecule has 0 radical (unpaired) electrons. The Balaban J connectivity index is 1.80. The zero-order chi connectivity index (χ0) is 17.6. The molecule has 0 N–H and O–H groups in total. The van der Waals surface area contributed by atoms with Gasteiger partial charge in [0.25, 0.3) is 0 Å². The monoisotopic (exact) mass is 334 g/mol. The van der Waals surface area contributed by atoms with Gasteiger partial charge in [0.05, 0.1) is 0 Å². The van der Waals surface area contributed by atoms with Crippen molar-refractivity contribution >= 4 is 17.0 Å². The molecule has 3 nitrogen and oxygen atoms in total. The average Bonchev–Trinajstić information content (AvgIpc) is 2.64. The van der Waals surface area contributed by atoms with Gasteiger partial charge in [-0.1, -0.05) is 50.3 Å². The number of hydrogen-bond acceptors (Lipinski definition) is 3. The number of rotatable bonds is 7. The largest absolute Gasteiger partial charge is 0.489 e. The van der Waals surface area contributed by atoms with E-state index < -0.39 is 0 Å². The van der Waals surface area contributed by atoms with Crippen LogP contribution >= 0.6 is 0 Å². The van der Waals surface area contributed by atoms with E-state index in [9.17, 15) is 4.79 Å². The van der Waals surface area contributed by atoms with E-state index >= 15 is 0 Å². The molecule has 0 saturated heterocycles. The van der Waals surface area contributed by atoms with Gasteiger partial charge < -0.3 is 9.15 Å². The van der Waals surface area contributed by atoms with E-state index in [-0.39, 0.29) is 5.63 Å². The summed E-state index contributed by atoms with van der Waals surface area (Å²) in [6.07, 6.45) is 4.84. The van der Waals surface area contributed by atoms with Crippen LogP contribution in [0.3, 0.4) is 0 Å². The standard InChI is InChI=1S/C22H22O3/c1-3-5-6-18-13-22(23)25-21-14-19(11-12-20(18)21)24-15-17-9-7-16(4-2)8-10-17/h4,7-14H,2-3,5-6,15H2,1H3. The fourth-order valence-electron chi connectivity index (χ4n) is 2.79. The Morgan fingerprint density at radius 2 is 1.92 bits per heavy atom. The molecule has 1 aromatic heterocycles. The van der Waals surface area contributed by atoms with Gasteiger partial charge in [-0.3, -0.25) is 0 Å². The molecule has 3 heteroatoms. The third-order valence-electron chi connectivity index (χ3n) is 4.22. The first-order chi connectivity index (χ1) is 12.2. The summed E-state index contributed by atoms with van der Waals surface area (Å²) in [5, 5.41) is 0.982.